The van der Waals surface area contributed by atoms with Gasteiger partial charge in [0.15, 0.2) is 5.76 Å². The summed E-state index contributed by atoms with van der Waals surface area (Å²) in [5, 5.41) is 8.69. The lowest BCUT2D eigenvalue weighted by Gasteiger charge is -2.42. The average Bonchev–Trinajstić information content (AvgIpc) is 3.38. The maximum atomic E-state index is 13.1. The van der Waals surface area contributed by atoms with Crippen molar-refractivity contribution < 1.29 is 9.32 Å². The Bertz CT molecular complexity index is 1120. The number of rotatable bonds is 5. The van der Waals surface area contributed by atoms with Crippen LogP contribution < -0.4 is 10.9 Å². The fourth-order valence-corrected chi connectivity index (χ4v) is 5.48. The fourth-order valence-electron chi connectivity index (χ4n) is 4.73. The predicted molar refractivity (Wildman–Crippen MR) is 114 cm³/mol. The number of likely N-dealkylation sites (tertiary alicyclic amines) is 1. The Labute approximate surface area is 178 Å². The molecule has 0 aliphatic carbocycles. The first kappa shape index (κ1) is 19.3. The van der Waals surface area contributed by atoms with E-state index < -0.39 is 0 Å². The summed E-state index contributed by atoms with van der Waals surface area (Å²) in [6.07, 6.45) is 1.11. The maximum absolute atomic E-state index is 13.1. The molecule has 2 atom stereocenters. The molecule has 1 saturated heterocycles. The predicted octanol–water partition coefficient (Wildman–Crippen LogP) is 2.76. The Balaban J connectivity index is 1.32. The van der Waals surface area contributed by atoms with E-state index in [1.54, 1.807) is 23.5 Å². The number of aryl methyl sites for hydroxylation is 1. The third-order valence-corrected chi connectivity index (χ3v) is 6.85. The van der Waals surface area contributed by atoms with Crippen LogP contribution in [-0.4, -0.2) is 33.6 Å². The van der Waals surface area contributed by atoms with Gasteiger partial charge in [-0.25, -0.2) is 0 Å². The molecule has 1 amide bonds. The molecule has 3 aromatic rings. The quantitative estimate of drug-likeness (QED) is 0.681. The second-order valence-corrected chi connectivity index (χ2v) is 9.31. The number of nitrogens with zero attached hydrogens (tertiary/aromatic N) is 3. The molecule has 2 aliphatic rings. The van der Waals surface area contributed by atoms with Crippen molar-refractivity contribution in [1.82, 2.24) is 19.9 Å². The van der Waals surface area contributed by atoms with Crippen molar-refractivity contribution in [3.8, 4) is 0 Å². The molecule has 2 bridgehead atoms. The number of nitrogens with one attached hydrogen (secondary N) is 1. The van der Waals surface area contributed by atoms with Crippen LogP contribution in [0.4, 0.5) is 0 Å². The number of fused-ring (bicyclic) bond motifs is 4. The lowest BCUT2D eigenvalue weighted by atomic mass is 9.83. The first-order chi connectivity index (χ1) is 14.6. The average molecular weight is 425 g/mol. The summed E-state index contributed by atoms with van der Waals surface area (Å²) in [6.45, 7) is 5.61. The van der Waals surface area contributed by atoms with Crippen molar-refractivity contribution in [2.24, 2.45) is 5.92 Å². The highest BCUT2D eigenvalue weighted by Crippen LogP contribution is 2.35. The molecular weight excluding hydrogens is 400 g/mol. The van der Waals surface area contributed by atoms with Gasteiger partial charge in [-0.15, -0.1) is 11.3 Å². The van der Waals surface area contributed by atoms with Crippen LogP contribution in [0.2, 0.25) is 0 Å². The van der Waals surface area contributed by atoms with E-state index in [4.69, 9.17) is 4.52 Å². The van der Waals surface area contributed by atoms with Gasteiger partial charge in [-0.3, -0.25) is 14.5 Å². The van der Waals surface area contributed by atoms with Gasteiger partial charge in [-0.05, 0) is 42.8 Å². The number of amides is 1. The monoisotopic (exact) mass is 424 g/mol. The molecule has 8 heteroatoms. The normalized spacial score (nSPS) is 20.7. The minimum atomic E-state index is -0.376. The first-order valence-corrected chi connectivity index (χ1v) is 11.1. The van der Waals surface area contributed by atoms with Crippen molar-refractivity contribution in [3.63, 3.8) is 0 Å². The number of hydrogen-bond acceptors (Lipinski definition) is 6. The van der Waals surface area contributed by atoms with Crippen LogP contribution in [0.25, 0.3) is 0 Å². The highest BCUT2D eigenvalue weighted by atomic mass is 32.1. The summed E-state index contributed by atoms with van der Waals surface area (Å²) in [5.41, 5.74) is 1.80. The smallest absolute Gasteiger partial charge is 0.263 e. The molecule has 7 nitrogen and oxygen atoms in total. The lowest BCUT2D eigenvalue weighted by molar-refractivity contribution is 0.0940. The van der Waals surface area contributed by atoms with Gasteiger partial charge in [-0.1, -0.05) is 11.2 Å². The van der Waals surface area contributed by atoms with E-state index in [9.17, 15) is 9.59 Å². The topological polar surface area (TPSA) is 80.4 Å². The number of carbonyl (C=O) groups excluding carboxylic acids is 1. The number of hydrogen-bond donors (Lipinski definition) is 1. The van der Waals surface area contributed by atoms with E-state index in [2.05, 4.69) is 32.9 Å². The van der Waals surface area contributed by atoms with Crippen molar-refractivity contribution in [2.75, 3.05) is 13.1 Å². The summed E-state index contributed by atoms with van der Waals surface area (Å²) >= 11 is 1.79. The van der Waals surface area contributed by atoms with Crippen LogP contribution in [-0.2, 0) is 19.6 Å². The summed E-state index contributed by atoms with van der Waals surface area (Å²) in [6, 6.07) is 9.68. The lowest BCUT2D eigenvalue weighted by Crippen LogP contribution is -2.47. The van der Waals surface area contributed by atoms with Crippen LogP contribution in [0, 0.1) is 12.8 Å². The molecule has 2 aliphatic heterocycles. The van der Waals surface area contributed by atoms with Gasteiger partial charge in [0.1, 0.15) is 5.56 Å². The Morgan fingerprint density at radius 3 is 2.97 bits per heavy atom. The first-order valence-electron chi connectivity index (χ1n) is 10.3. The van der Waals surface area contributed by atoms with E-state index in [0.29, 0.717) is 24.1 Å². The minimum Gasteiger partial charge on any atom is -0.359 e. The number of piperidine rings is 1. The highest BCUT2D eigenvalue weighted by Gasteiger charge is 2.35. The molecule has 30 heavy (non-hydrogen) atoms. The van der Waals surface area contributed by atoms with Crippen LogP contribution in [0.5, 0.6) is 0 Å². The number of aromatic nitrogens is 2. The van der Waals surface area contributed by atoms with Crippen molar-refractivity contribution in [1.29, 1.82) is 0 Å². The Hall–Kier alpha value is -2.71. The van der Waals surface area contributed by atoms with Gasteiger partial charge in [0.05, 0.1) is 12.2 Å². The molecule has 3 aromatic heterocycles. The van der Waals surface area contributed by atoms with Crippen molar-refractivity contribution in [2.45, 2.75) is 38.9 Å². The molecule has 1 N–H and O–H groups in total. The second kappa shape index (κ2) is 7.85. The van der Waals surface area contributed by atoms with Gasteiger partial charge in [0.2, 0.25) is 0 Å². The third-order valence-electron chi connectivity index (χ3n) is 5.98. The fraction of sp³-hybridized carbons (Fsp3) is 0.409. The van der Waals surface area contributed by atoms with Crippen LogP contribution >= 0.6 is 11.3 Å². The Kier molecular flexibility index (Phi) is 5.04. The van der Waals surface area contributed by atoms with E-state index >= 15 is 0 Å². The molecule has 5 rings (SSSR count). The molecule has 156 valence electrons. The molecular formula is C22H24N4O3S. The summed E-state index contributed by atoms with van der Waals surface area (Å²) in [4.78, 5) is 29.6. The maximum Gasteiger partial charge on any atom is 0.263 e. The number of carbonyl (C=O) groups is 1. The summed E-state index contributed by atoms with van der Waals surface area (Å²) < 4.78 is 6.95. The van der Waals surface area contributed by atoms with Gasteiger partial charge >= 0.3 is 0 Å². The minimum absolute atomic E-state index is 0.186. The zero-order valence-electron chi connectivity index (χ0n) is 16.8. The molecule has 0 aromatic carbocycles. The van der Waals surface area contributed by atoms with E-state index in [1.165, 1.54) is 4.88 Å². The van der Waals surface area contributed by atoms with Crippen LogP contribution in [0.15, 0.2) is 45.0 Å². The summed E-state index contributed by atoms with van der Waals surface area (Å²) in [7, 11) is 0. The second-order valence-electron chi connectivity index (χ2n) is 8.28. The largest absolute Gasteiger partial charge is 0.359 e. The van der Waals surface area contributed by atoms with Gasteiger partial charge < -0.3 is 14.4 Å². The van der Waals surface area contributed by atoms with Crippen LogP contribution in [0.1, 0.15) is 44.7 Å². The van der Waals surface area contributed by atoms with Crippen molar-refractivity contribution >= 4 is 17.2 Å². The van der Waals surface area contributed by atoms with Gasteiger partial charge in [0, 0.05) is 48.7 Å². The standard InChI is InChI=1S/C22H24N4O3S/c1-14-7-17(29-24-14)9-23-21(27)19-4-5-20-16-8-15(11-26(20)22(19)28)10-25(12-16)13-18-3-2-6-30-18/h2-7,15-16H,8-13H2,1H3,(H,23,27)/t15-,16+/m0/s1. The highest BCUT2D eigenvalue weighted by molar-refractivity contribution is 7.09. The zero-order valence-corrected chi connectivity index (χ0v) is 17.7. The van der Waals surface area contributed by atoms with E-state index in [0.717, 1.165) is 37.4 Å². The zero-order chi connectivity index (χ0) is 20.7. The molecule has 0 spiro atoms. The van der Waals surface area contributed by atoms with E-state index in [1.807, 2.05) is 17.6 Å². The van der Waals surface area contributed by atoms with Crippen LogP contribution in [0.3, 0.4) is 0 Å². The van der Waals surface area contributed by atoms with Gasteiger partial charge in [0.25, 0.3) is 11.5 Å². The molecule has 0 saturated carbocycles. The Morgan fingerprint density at radius 2 is 2.20 bits per heavy atom. The van der Waals surface area contributed by atoms with E-state index in [-0.39, 0.29) is 23.6 Å². The molecule has 1 fully saturated rings. The Morgan fingerprint density at radius 1 is 1.30 bits per heavy atom. The van der Waals surface area contributed by atoms with Gasteiger partial charge in [-0.2, -0.15) is 0 Å². The molecule has 5 heterocycles. The third kappa shape index (κ3) is 3.73. The molecule has 0 radical (unpaired) electrons. The number of pyridine rings is 1. The SMILES string of the molecule is Cc1cc(CNC(=O)c2ccc3n(c2=O)C[C@H]2C[C@@H]3CN(Cc3cccs3)C2)on1. The van der Waals surface area contributed by atoms with Crippen molar-refractivity contribution in [3.05, 3.63) is 73.7 Å². The summed E-state index contributed by atoms with van der Waals surface area (Å²) in [5.74, 6) is 0.961. The number of thiophene rings is 1. The molecule has 0 unspecified atom stereocenters.